The Bertz CT molecular complexity index is 2240. The fraction of sp³-hybridized carbons (Fsp3) is 0.790. The van der Waals surface area contributed by atoms with Crippen molar-refractivity contribution < 1.29 is 57.8 Å². The Morgan fingerprint density at radius 1 is 0.518 bits per heavy atom. The number of hydrogen-bond donors (Lipinski definition) is 9. The molecule has 1 aliphatic rings. The number of carbonyl (C=O) groups is 11. The summed E-state index contributed by atoms with van der Waals surface area (Å²) in [5, 5.41) is 33.5. The van der Waals surface area contributed by atoms with Crippen LogP contribution in [0.15, 0.2) is 12.2 Å². The summed E-state index contributed by atoms with van der Waals surface area (Å²) in [4.78, 5) is 156. The molecule has 0 unspecified atom stereocenters. The number of allylic oxidation sites excluding steroid dienone is 2. The van der Waals surface area contributed by atoms with Gasteiger partial charge in [-0.2, -0.15) is 0 Å². The van der Waals surface area contributed by atoms with Crippen molar-refractivity contribution >= 4 is 65.5 Å². The number of amides is 11. The molecule has 0 bridgehead atoms. The molecule has 1 heterocycles. The van der Waals surface area contributed by atoms with Gasteiger partial charge in [-0.3, -0.25) is 52.7 Å². The smallest absolute Gasteiger partial charge is 0.245 e. The van der Waals surface area contributed by atoms with Gasteiger partial charge in [0.15, 0.2) is 0 Å². The Labute approximate surface area is 508 Å². The number of aliphatic hydroxyl groups is 1. The first-order chi connectivity index (χ1) is 39.5. The number of hydrogen-bond acceptors (Lipinski definition) is 12. The van der Waals surface area contributed by atoms with Crippen molar-refractivity contribution in [2.24, 2.45) is 41.4 Å². The normalized spacial score (nSPS) is 17.8. The van der Waals surface area contributed by atoms with Gasteiger partial charge in [-0.1, -0.05) is 116 Å². The van der Waals surface area contributed by atoms with Gasteiger partial charge in [0.05, 0.1) is 6.10 Å². The van der Waals surface area contributed by atoms with Gasteiger partial charge >= 0.3 is 0 Å². The first-order valence-electron chi connectivity index (χ1n) is 31.0. The van der Waals surface area contributed by atoms with E-state index in [1.54, 1.807) is 46.4 Å². The number of rotatable bonds is 37. The van der Waals surface area contributed by atoms with Gasteiger partial charge in [-0.15, -0.1) is 0 Å². The van der Waals surface area contributed by atoms with E-state index in [0.29, 0.717) is 25.8 Å². The minimum Gasteiger partial charge on any atom is -0.390 e. The van der Waals surface area contributed by atoms with Crippen LogP contribution < -0.4 is 42.5 Å². The molecule has 13 atom stereocenters. The number of carbonyl (C=O) groups excluding carboxylic acids is 11. The zero-order valence-corrected chi connectivity index (χ0v) is 55.1. The van der Waals surface area contributed by atoms with Gasteiger partial charge in [0.2, 0.25) is 65.5 Å². The SMILES string of the molecule is CC/C=C/C[C@@H](C)[C@@H](O)[C@H](NC(=O)[C@@H](NC(=O)[C@H](CC(C)C)N(C)C(=O)[C@H](CC(C)C)NC(=O)[C@@H](C)NC(=O)[C@H](C)NC(=O)[C@@H](CC(C)C)NC(=O)[C@H](NC(=O)[C@@H](CC(C)C)N(C)C=O)C(C)C)C(C)C)C(=O)N[C@@H](CC)C(=O)N1CCC[C@H]1C. The largest absolute Gasteiger partial charge is 0.390 e. The lowest BCUT2D eigenvalue weighted by atomic mass is 9.92. The van der Waals surface area contributed by atoms with Crippen molar-refractivity contribution in [3.63, 3.8) is 0 Å². The third kappa shape index (κ3) is 25.4. The zero-order valence-electron chi connectivity index (χ0n) is 55.1. The third-order valence-corrected chi connectivity index (χ3v) is 15.4. The summed E-state index contributed by atoms with van der Waals surface area (Å²) in [6, 6.07) is -11.5. The maximum absolute atomic E-state index is 14.6. The van der Waals surface area contributed by atoms with Crippen LogP contribution in [-0.2, 0) is 52.7 Å². The molecule has 23 nitrogen and oxygen atoms in total. The highest BCUT2D eigenvalue weighted by molar-refractivity contribution is 5.99. The maximum atomic E-state index is 14.6. The first-order valence-corrected chi connectivity index (χ1v) is 31.0. The van der Waals surface area contributed by atoms with E-state index in [1.807, 2.05) is 81.4 Å². The van der Waals surface area contributed by atoms with E-state index in [2.05, 4.69) is 42.5 Å². The Morgan fingerprint density at radius 3 is 1.40 bits per heavy atom. The summed E-state index contributed by atoms with van der Waals surface area (Å²) in [6.07, 6.45) is 6.86. The van der Waals surface area contributed by atoms with Crippen LogP contribution in [-0.4, -0.2) is 178 Å². The lowest BCUT2D eigenvalue weighted by Gasteiger charge is -2.35. The van der Waals surface area contributed by atoms with Gasteiger partial charge in [0.25, 0.3) is 0 Å². The molecule has 0 radical (unpaired) electrons. The lowest BCUT2D eigenvalue weighted by Crippen LogP contribution is -2.63. The highest BCUT2D eigenvalue weighted by Crippen LogP contribution is 2.21. The number of likely N-dealkylation sites (tertiary alicyclic amines) is 1. The van der Waals surface area contributed by atoms with Crippen molar-refractivity contribution in [1.29, 1.82) is 0 Å². The first kappa shape index (κ1) is 76.9. The van der Waals surface area contributed by atoms with Crippen LogP contribution in [0, 0.1) is 41.4 Å². The highest BCUT2D eigenvalue weighted by atomic mass is 16.3. The fourth-order valence-electron chi connectivity index (χ4n) is 10.1. The molecular weight excluding hydrogens is 1090 g/mol. The van der Waals surface area contributed by atoms with E-state index in [0.717, 1.165) is 19.3 Å². The van der Waals surface area contributed by atoms with Gasteiger partial charge in [0.1, 0.15) is 60.4 Å². The quantitative estimate of drug-likeness (QED) is 0.0319. The zero-order chi connectivity index (χ0) is 65.3. The maximum Gasteiger partial charge on any atom is 0.245 e. The van der Waals surface area contributed by atoms with Crippen LogP contribution in [0.3, 0.4) is 0 Å². The third-order valence-electron chi connectivity index (χ3n) is 15.4. The summed E-state index contributed by atoms with van der Waals surface area (Å²) in [5.41, 5.74) is 0. The number of aliphatic hydroxyl groups excluding tert-OH is 1. The molecule has 11 amide bonds. The molecule has 9 N–H and O–H groups in total. The number of nitrogens with zero attached hydrogens (tertiary/aromatic N) is 3. The Hall–Kier alpha value is -6.13. The summed E-state index contributed by atoms with van der Waals surface area (Å²) >= 11 is 0. The predicted octanol–water partition coefficient (Wildman–Crippen LogP) is 3.46. The number of nitrogens with one attached hydrogen (secondary N) is 8. The lowest BCUT2D eigenvalue weighted by molar-refractivity contribution is -0.144. The second-order valence-electron chi connectivity index (χ2n) is 25.9. The van der Waals surface area contributed by atoms with E-state index >= 15 is 0 Å². The van der Waals surface area contributed by atoms with Gasteiger partial charge in [-0.05, 0) is 120 Å². The number of likely N-dealkylation sites (N-methyl/N-ethyl adjacent to an activating group) is 2. The van der Waals surface area contributed by atoms with Gasteiger partial charge in [0, 0.05) is 26.7 Å². The van der Waals surface area contributed by atoms with E-state index < -0.39 is 137 Å². The van der Waals surface area contributed by atoms with Crippen molar-refractivity contribution in [2.75, 3.05) is 20.6 Å². The summed E-state index contributed by atoms with van der Waals surface area (Å²) in [7, 11) is 2.92. The second kappa shape index (κ2) is 37.4. The molecule has 0 aliphatic carbocycles. The second-order valence-corrected chi connectivity index (χ2v) is 25.9. The molecule has 486 valence electrons. The van der Waals surface area contributed by atoms with Crippen LogP contribution in [0.1, 0.15) is 182 Å². The minimum atomic E-state index is -1.51. The van der Waals surface area contributed by atoms with Gasteiger partial charge < -0.3 is 62.3 Å². The molecule has 1 fully saturated rings. The summed E-state index contributed by atoms with van der Waals surface area (Å²) in [5.74, 6) is -8.21. The van der Waals surface area contributed by atoms with E-state index in [9.17, 15) is 57.8 Å². The average molecular weight is 1200 g/mol. The van der Waals surface area contributed by atoms with Crippen LogP contribution in [0.2, 0.25) is 0 Å². The molecule has 0 saturated carbocycles. The molecule has 0 spiro atoms. The molecule has 0 aromatic carbocycles. The molecule has 0 aromatic rings. The topological polar surface area (TPSA) is 314 Å². The Morgan fingerprint density at radius 2 is 0.941 bits per heavy atom. The predicted molar refractivity (Wildman–Crippen MR) is 328 cm³/mol. The van der Waals surface area contributed by atoms with Crippen LogP contribution >= 0.6 is 0 Å². The molecule has 85 heavy (non-hydrogen) atoms. The van der Waals surface area contributed by atoms with Crippen LogP contribution in [0.5, 0.6) is 0 Å². The molecule has 0 aromatic heterocycles. The molecule has 23 heteroatoms. The van der Waals surface area contributed by atoms with Crippen molar-refractivity contribution in [3.05, 3.63) is 12.2 Å². The van der Waals surface area contributed by atoms with Gasteiger partial charge in [-0.25, -0.2) is 0 Å². The van der Waals surface area contributed by atoms with Crippen LogP contribution in [0.25, 0.3) is 0 Å². The van der Waals surface area contributed by atoms with Crippen LogP contribution in [0.4, 0.5) is 0 Å². The van der Waals surface area contributed by atoms with E-state index in [4.69, 9.17) is 0 Å². The van der Waals surface area contributed by atoms with E-state index in [-0.39, 0.29) is 61.3 Å². The Kier molecular flexibility index (Phi) is 33.9. The standard InChI is InChI=1S/C62H111N11O12/c1-21-23-24-26-40(15)52(75)51(60(83)65-44(22-2)62(85)73-28-25-27-41(73)16)70-59(82)50(39(13)14)69-57(80)48(32-37(9)10)72(20)61(84)46(30-35(5)6)67-54(77)43(18)63-53(76)42(17)64-55(78)45(29-34(3)4)66-58(81)49(38(11)12)68-56(79)47(31-36(7)8)71(19)33-74/h23-24,33-52,75H,21-22,25-32H2,1-20H3,(H,63,76)(H,64,78)(H,65,83)(H,66,81)(H,67,77)(H,68,79)(H,69,80)(H,70,82)/b24-23+/t40-,41-,42+,43-,44+,45-,46+,47-,48+,49-,50+,51+,52-/m1/s1. The molecule has 1 rings (SSSR count). The summed E-state index contributed by atoms with van der Waals surface area (Å²) < 4.78 is 0. The molecule has 1 saturated heterocycles. The monoisotopic (exact) mass is 1200 g/mol. The molecular formula is C62H111N11O12. The average Bonchev–Trinajstić information content (AvgIpc) is 3.86. The molecule has 1 aliphatic heterocycles. The van der Waals surface area contributed by atoms with E-state index in [1.165, 1.54) is 37.7 Å². The Balaban J connectivity index is 3.38. The summed E-state index contributed by atoms with van der Waals surface area (Å²) in [6.45, 7) is 32.6. The minimum absolute atomic E-state index is 0.000714. The van der Waals surface area contributed by atoms with Crippen molar-refractivity contribution in [1.82, 2.24) is 57.2 Å². The fourth-order valence-corrected chi connectivity index (χ4v) is 10.1. The highest BCUT2D eigenvalue weighted by Gasteiger charge is 2.41. The van der Waals surface area contributed by atoms with Crippen molar-refractivity contribution in [3.8, 4) is 0 Å². The van der Waals surface area contributed by atoms with Crippen molar-refractivity contribution in [2.45, 2.75) is 255 Å².